The molecule has 140 valence electrons. The summed E-state index contributed by atoms with van der Waals surface area (Å²) in [5.74, 6) is 0.923. The molecule has 6 nitrogen and oxygen atoms in total. The van der Waals surface area contributed by atoms with Gasteiger partial charge in [0, 0.05) is 30.4 Å². The lowest BCUT2D eigenvalue weighted by atomic mass is 10.1. The zero-order chi connectivity index (χ0) is 19.4. The summed E-state index contributed by atoms with van der Waals surface area (Å²) in [5.41, 5.74) is 1.16. The molecule has 1 N–H and O–H groups in total. The Morgan fingerprint density at radius 2 is 2.00 bits per heavy atom. The molecule has 1 saturated carbocycles. The number of rotatable bonds is 5. The Labute approximate surface area is 167 Å². The fraction of sp³-hybridized carbons (Fsp3) is 0.316. The van der Waals surface area contributed by atoms with Crippen LogP contribution in [-0.2, 0) is 0 Å². The molecule has 2 unspecified atom stereocenters. The largest absolute Gasteiger partial charge is 0.491 e. The fourth-order valence-corrected chi connectivity index (χ4v) is 3.36. The fourth-order valence-electron chi connectivity index (χ4n) is 2.89. The van der Waals surface area contributed by atoms with Crippen molar-refractivity contribution in [2.24, 2.45) is 0 Å². The summed E-state index contributed by atoms with van der Waals surface area (Å²) in [5, 5.41) is 20.0. The molecule has 0 aliphatic heterocycles. The molecule has 1 aliphatic carbocycles. The Morgan fingerprint density at radius 1 is 1.26 bits per heavy atom. The highest BCUT2D eigenvalue weighted by Crippen LogP contribution is 2.34. The average Bonchev–Trinajstić information content (AvgIpc) is 3.06. The summed E-state index contributed by atoms with van der Waals surface area (Å²) in [4.78, 5) is 8.18. The van der Waals surface area contributed by atoms with Gasteiger partial charge >= 0.3 is 0 Å². The van der Waals surface area contributed by atoms with Crippen molar-refractivity contribution in [2.45, 2.75) is 31.5 Å². The van der Waals surface area contributed by atoms with Gasteiger partial charge in [-0.25, -0.2) is 0 Å². The molecule has 0 spiro atoms. The quantitative estimate of drug-likeness (QED) is 0.751. The van der Waals surface area contributed by atoms with Gasteiger partial charge < -0.3 is 14.6 Å². The molecule has 2 aromatic heterocycles. The molecular formula is C19H17Cl2N3O3. The predicted octanol–water partition coefficient (Wildman–Crippen LogP) is 4.15. The number of nitrogens with zero attached hydrogens (tertiary/aromatic N) is 3. The van der Waals surface area contributed by atoms with Crippen molar-refractivity contribution in [1.82, 2.24) is 9.97 Å². The average molecular weight is 406 g/mol. The lowest BCUT2D eigenvalue weighted by molar-refractivity contribution is 0.147. The normalized spacial score (nSPS) is 19.6. The van der Waals surface area contributed by atoms with E-state index in [0.29, 0.717) is 45.6 Å². The maximum atomic E-state index is 9.70. The molecule has 3 rings (SSSR count). The topological polar surface area (TPSA) is 88.3 Å². The van der Waals surface area contributed by atoms with Crippen molar-refractivity contribution in [3.63, 3.8) is 0 Å². The molecule has 2 aromatic rings. The van der Waals surface area contributed by atoms with E-state index in [1.807, 2.05) is 0 Å². The maximum Gasteiger partial charge on any atom is 0.179 e. The van der Waals surface area contributed by atoms with Crippen LogP contribution in [0.1, 0.15) is 30.5 Å². The Kier molecular flexibility index (Phi) is 6.17. The van der Waals surface area contributed by atoms with Crippen molar-refractivity contribution in [2.75, 3.05) is 7.11 Å². The van der Waals surface area contributed by atoms with Gasteiger partial charge in [-0.05, 0) is 18.9 Å². The first-order valence-electron chi connectivity index (χ1n) is 8.31. The summed E-state index contributed by atoms with van der Waals surface area (Å²) in [6, 6.07) is 3.75. The minimum absolute atomic E-state index is 0.109. The number of methoxy groups -OCH3 is 1. The summed E-state index contributed by atoms with van der Waals surface area (Å²) in [7, 11) is 1.52. The Hall–Kier alpha value is -2.33. The SMILES string of the molecule is COc1cnc(/C(C#N)=C/c2c(Cl)cncc2Cl)cc1OC1CCC(O)C1. The number of halogens is 2. The number of aliphatic hydroxyl groups is 1. The molecule has 0 aromatic carbocycles. The number of hydrogen-bond acceptors (Lipinski definition) is 6. The van der Waals surface area contributed by atoms with Crippen LogP contribution in [0.3, 0.4) is 0 Å². The third-order valence-electron chi connectivity index (χ3n) is 4.28. The van der Waals surface area contributed by atoms with Crippen LogP contribution in [0.4, 0.5) is 0 Å². The van der Waals surface area contributed by atoms with Crippen LogP contribution in [0.5, 0.6) is 11.5 Å². The molecule has 1 aliphatic rings. The zero-order valence-electron chi connectivity index (χ0n) is 14.5. The molecular weight excluding hydrogens is 389 g/mol. The first-order valence-corrected chi connectivity index (χ1v) is 9.07. The first kappa shape index (κ1) is 19.4. The summed E-state index contributed by atoms with van der Waals surface area (Å²) < 4.78 is 11.3. The predicted molar refractivity (Wildman–Crippen MR) is 103 cm³/mol. The first-order chi connectivity index (χ1) is 13.0. The van der Waals surface area contributed by atoms with Crippen molar-refractivity contribution >= 4 is 34.9 Å². The van der Waals surface area contributed by atoms with E-state index in [1.165, 1.54) is 25.7 Å². The summed E-state index contributed by atoms with van der Waals surface area (Å²) in [6.45, 7) is 0. The van der Waals surface area contributed by atoms with Crippen LogP contribution in [-0.4, -0.2) is 34.4 Å². The number of pyridine rings is 2. The Morgan fingerprint density at radius 3 is 2.59 bits per heavy atom. The Bertz CT molecular complexity index is 891. The van der Waals surface area contributed by atoms with E-state index >= 15 is 0 Å². The molecule has 0 saturated heterocycles. The molecule has 2 heterocycles. The number of ether oxygens (including phenoxy) is 2. The zero-order valence-corrected chi connectivity index (χ0v) is 16.0. The van der Waals surface area contributed by atoms with Crippen LogP contribution < -0.4 is 9.47 Å². The van der Waals surface area contributed by atoms with Crippen molar-refractivity contribution in [3.8, 4) is 17.6 Å². The highest BCUT2D eigenvalue weighted by Gasteiger charge is 2.25. The summed E-state index contributed by atoms with van der Waals surface area (Å²) >= 11 is 12.3. The van der Waals surface area contributed by atoms with Crippen molar-refractivity contribution in [1.29, 1.82) is 5.26 Å². The monoisotopic (exact) mass is 405 g/mol. The number of aliphatic hydroxyl groups excluding tert-OH is 1. The van der Waals surface area contributed by atoms with E-state index in [-0.39, 0.29) is 17.8 Å². The van der Waals surface area contributed by atoms with Gasteiger partial charge in [-0.15, -0.1) is 0 Å². The van der Waals surface area contributed by atoms with E-state index in [1.54, 1.807) is 12.1 Å². The third kappa shape index (κ3) is 4.51. The molecule has 0 radical (unpaired) electrons. The molecule has 8 heteroatoms. The molecule has 1 fully saturated rings. The number of allylic oxidation sites excluding steroid dienone is 1. The van der Waals surface area contributed by atoms with Gasteiger partial charge in [0.1, 0.15) is 12.2 Å². The second-order valence-corrected chi connectivity index (χ2v) is 6.93. The van der Waals surface area contributed by atoms with Crippen LogP contribution in [0.2, 0.25) is 10.0 Å². The second kappa shape index (κ2) is 8.57. The smallest absolute Gasteiger partial charge is 0.179 e. The molecule has 27 heavy (non-hydrogen) atoms. The Balaban J connectivity index is 1.96. The number of aromatic nitrogens is 2. The van der Waals surface area contributed by atoms with Crippen LogP contribution >= 0.6 is 23.2 Å². The van der Waals surface area contributed by atoms with E-state index in [0.717, 1.165) is 6.42 Å². The van der Waals surface area contributed by atoms with Crippen LogP contribution in [0.15, 0.2) is 24.7 Å². The van der Waals surface area contributed by atoms with Crippen LogP contribution in [0, 0.1) is 11.3 Å². The maximum absolute atomic E-state index is 9.70. The van der Waals surface area contributed by atoms with E-state index in [4.69, 9.17) is 32.7 Å². The van der Waals surface area contributed by atoms with Gasteiger partial charge in [0.15, 0.2) is 11.5 Å². The van der Waals surface area contributed by atoms with E-state index < -0.39 is 0 Å². The molecule has 0 bridgehead atoms. The van der Waals surface area contributed by atoms with Gasteiger partial charge in [0.2, 0.25) is 0 Å². The van der Waals surface area contributed by atoms with E-state index in [9.17, 15) is 10.4 Å². The van der Waals surface area contributed by atoms with Crippen molar-refractivity contribution in [3.05, 3.63) is 46.0 Å². The number of nitriles is 1. The highest BCUT2D eigenvalue weighted by molar-refractivity contribution is 6.37. The highest BCUT2D eigenvalue weighted by atomic mass is 35.5. The van der Waals surface area contributed by atoms with Crippen molar-refractivity contribution < 1.29 is 14.6 Å². The summed E-state index contributed by atoms with van der Waals surface area (Å²) in [6.07, 6.45) is 7.52. The van der Waals surface area contributed by atoms with Gasteiger partial charge in [-0.1, -0.05) is 23.2 Å². The third-order valence-corrected chi connectivity index (χ3v) is 4.88. The van der Waals surface area contributed by atoms with Crippen LogP contribution in [0.25, 0.3) is 11.6 Å². The lowest BCUT2D eigenvalue weighted by Gasteiger charge is -2.16. The minimum atomic E-state index is -0.354. The van der Waals surface area contributed by atoms with E-state index in [2.05, 4.69) is 16.0 Å². The lowest BCUT2D eigenvalue weighted by Crippen LogP contribution is -2.14. The van der Waals surface area contributed by atoms with Gasteiger partial charge in [0.25, 0.3) is 0 Å². The number of hydrogen-bond donors (Lipinski definition) is 1. The molecule has 0 amide bonds. The van der Waals surface area contributed by atoms with Gasteiger partial charge in [-0.3, -0.25) is 9.97 Å². The molecule has 2 atom stereocenters. The van der Waals surface area contributed by atoms with Gasteiger partial charge in [0.05, 0.1) is 40.7 Å². The second-order valence-electron chi connectivity index (χ2n) is 6.11. The minimum Gasteiger partial charge on any atom is -0.491 e. The standard InChI is InChI=1S/C19H17Cl2N3O3/c1-26-19-10-24-17(6-18(19)27-13-3-2-12(25)5-13)11(7-22)4-14-15(20)8-23-9-16(14)21/h4,6,8-10,12-13,25H,2-3,5H2,1H3/b11-4+. The van der Waals surface area contributed by atoms with Gasteiger partial charge in [-0.2, -0.15) is 5.26 Å².